The van der Waals surface area contributed by atoms with Crippen molar-refractivity contribution in [2.24, 2.45) is 11.5 Å². The van der Waals surface area contributed by atoms with Crippen molar-refractivity contribution in [1.29, 1.82) is 0 Å². The van der Waals surface area contributed by atoms with Crippen LogP contribution in [0.2, 0.25) is 0 Å². The van der Waals surface area contributed by atoms with Crippen LogP contribution in [0.25, 0.3) is 0 Å². The van der Waals surface area contributed by atoms with Crippen molar-refractivity contribution in [1.82, 2.24) is 0 Å². The van der Waals surface area contributed by atoms with Crippen molar-refractivity contribution in [3.63, 3.8) is 0 Å². The zero-order chi connectivity index (χ0) is 12.3. The van der Waals surface area contributed by atoms with Gasteiger partial charge in [-0.05, 0) is 61.5 Å². The molecule has 0 saturated carbocycles. The fourth-order valence-corrected chi connectivity index (χ4v) is 1.57. The van der Waals surface area contributed by atoms with E-state index in [0.29, 0.717) is 0 Å². The van der Waals surface area contributed by atoms with Gasteiger partial charge in [-0.25, -0.2) is 0 Å². The molecular formula is C10H14N4S2. The Kier molecular flexibility index (Phi) is 4.03. The van der Waals surface area contributed by atoms with Gasteiger partial charge in [0, 0.05) is 11.4 Å². The predicted molar refractivity (Wildman–Crippen MR) is 76.7 cm³/mol. The summed E-state index contributed by atoms with van der Waals surface area (Å²) in [4.78, 5) is 0. The molecule has 0 atom stereocenters. The number of nitrogens with two attached hydrogens (primary N) is 2. The molecule has 16 heavy (non-hydrogen) atoms. The van der Waals surface area contributed by atoms with E-state index in [-0.39, 0.29) is 10.2 Å². The van der Waals surface area contributed by atoms with Gasteiger partial charge in [0.25, 0.3) is 0 Å². The highest BCUT2D eigenvalue weighted by Crippen LogP contribution is 2.24. The number of hydrogen-bond acceptors (Lipinski definition) is 2. The number of hydrogen-bond donors (Lipinski definition) is 4. The van der Waals surface area contributed by atoms with Crippen LogP contribution in [0.3, 0.4) is 0 Å². The van der Waals surface area contributed by atoms with Gasteiger partial charge in [0.2, 0.25) is 0 Å². The van der Waals surface area contributed by atoms with Gasteiger partial charge in [0.15, 0.2) is 10.2 Å². The number of rotatable bonds is 2. The smallest absolute Gasteiger partial charge is 0.168 e. The SMILES string of the molecule is Cc1cc(NC(N)=S)c(C)cc1NC(N)=S. The minimum atomic E-state index is 0.248. The summed E-state index contributed by atoms with van der Waals surface area (Å²) in [6.07, 6.45) is 0. The molecule has 1 rings (SSSR count). The Balaban J connectivity index is 3.06. The van der Waals surface area contributed by atoms with Crippen LogP contribution in [-0.4, -0.2) is 10.2 Å². The molecule has 6 heteroatoms. The lowest BCUT2D eigenvalue weighted by atomic mass is 10.1. The lowest BCUT2D eigenvalue weighted by Crippen LogP contribution is -2.21. The van der Waals surface area contributed by atoms with Crippen LogP contribution < -0.4 is 22.1 Å². The van der Waals surface area contributed by atoms with Crippen molar-refractivity contribution in [2.45, 2.75) is 13.8 Å². The summed E-state index contributed by atoms with van der Waals surface area (Å²) in [5.74, 6) is 0. The minimum Gasteiger partial charge on any atom is -0.376 e. The quantitative estimate of drug-likeness (QED) is 0.601. The Hall–Kier alpha value is -1.40. The molecule has 1 aromatic carbocycles. The highest BCUT2D eigenvalue weighted by Gasteiger charge is 2.05. The van der Waals surface area contributed by atoms with Crippen molar-refractivity contribution in [2.75, 3.05) is 10.6 Å². The topological polar surface area (TPSA) is 76.1 Å². The molecule has 4 nitrogen and oxygen atoms in total. The van der Waals surface area contributed by atoms with Crippen LogP contribution in [0.15, 0.2) is 12.1 Å². The summed E-state index contributed by atoms with van der Waals surface area (Å²) in [6, 6.07) is 3.88. The van der Waals surface area contributed by atoms with Crippen LogP contribution in [0.1, 0.15) is 11.1 Å². The second kappa shape index (κ2) is 5.09. The van der Waals surface area contributed by atoms with Crippen LogP contribution in [0.5, 0.6) is 0 Å². The molecule has 0 spiro atoms. The lowest BCUT2D eigenvalue weighted by molar-refractivity contribution is 1.38. The van der Waals surface area contributed by atoms with E-state index in [2.05, 4.69) is 10.6 Å². The van der Waals surface area contributed by atoms with Gasteiger partial charge in [0.05, 0.1) is 0 Å². The van der Waals surface area contributed by atoms with Gasteiger partial charge in [0.1, 0.15) is 0 Å². The van der Waals surface area contributed by atoms with E-state index < -0.39 is 0 Å². The van der Waals surface area contributed by atoms with Crippen LogP contribution in [0, 0.1) is 13.8 Å². The molecule has 0 radical (unpaired) electrons. The Morgan fingerprint density at radius 1 is 0.938 bits per heavy atom. The molecule has 0 fully saturated rings. The van der Waals surface area contributed by atoms with E-state index in [0.717, 1.165) is 22.5 Å². The monoisotopic (exact) mass is 254 g/mol. The lowest BCUT2D eigenvalue weighted by Gasteiger charge is -2.13. The van der Waals surface area contributed by atoms with Crippen molar-refractivity contribution < 1.29 is 0 Å². The number of thiocarbonyl (C=S) groups is 2. The Morgan fingerprint density at radius 2 is 1.25 bits per heavy atom. The van der Waals surface area contributed by atoms with E-state index in [1.165, 1.54) is 0 Å². The summed E-state index contributed by atoms with van der Waals surface area (Å²) in [5, 5.41) is 6.32. The van der Waals surface area contributed by atoms with Gasteiger partial charge < -0.3 is 22.1 Å². The molecule has 0 aliphatic rings. The second-order valence-corrected chi connectivity index (χ2v) is 4.34. The zero-order valence-corrected chi connectivity index (χ0v) is 10.8. The molecule has 0 unspecified atom stereocenters. The van der Waals surface area contributed by atoms with Gasteiger partial charge in [-0.1, -0.05) is 0 Å². The molecule has 0 bridgehead atoms. The van der Waals surface area contributed by atoms with E-state index in [1.54, 1.807) is 0 Å². The van der Waals surface area contributed by atoms with E-state index in [9.17, 15) is 0 Å². The molecule has 0 saturated heterocycles. The van der Waals surface area contributed by atoms with Crippen LogP contribution in [-0.2, 0) is 0 Å². The second-order valence-electron chi connectivity index (χ2n) is 3.46. The summed E-state index contributed by atoms with van der Waals surface area (Å²) in [6.45, 7) is 3.90. The maximum atomic E-state index is 5.43. The third-order valence-electron chi connectivity index (χ3n) is 2.09. The van der Waals surface area contributed by atoms with Crippen molar-refractivity contribution in [3.8, 4) is 0 Å². The van der Waals surface area contributed by atoms with Crippen LogP contribution >= 0.6 is 24.4 Å². The van der Waals surface area contributed by atoms with Gasteiger partial charge >= 0.3 is 0 Å². The number of nitrogens with one attached hydrogen (secondary N) is 2. The fourth-order valence-electron chi connectivity index (χ4n) is 1.35. The Labute approximate surface area is 105 Å². The first-order valence-corrected chi connectivity index (χ1v) is 5.46. The normalized spacial score (nSPS) is 9.62. The highest BCUT2D eigenvalue weighted by molar-refractivity contribution is 7.80. The summed E-state index contributed by atoms with van der Waals surface area (Å²) in [5.41, 5.74) is 14.6. The third-order valence-corrected chi connectivity index (χ3v) is 2.29. The highest BCUT2D eigenvalue weighted by atomic mass is 32.1. The maximum absolute atomic E-state index is 5.43. The first kappa shape index (κ1) is 12.7. The van der Waals surface area contributed by atoms with Crippen LogP contribution in [0.4, 0.5) is 11.4 Å². The van der Waals surface area contributed by atoms with Crippen molar-refractivity contribution >= 4 is 46.0 Å². The summed E-state index contributed by atoms with van der Waals surface area (Å²) >= 11 is 9.59. The average Bonchev–Trinajstić information content (AvgIpc) is 2.11. The first-order valence-electron chi connectivity index (χ1n) is 4.64. The average molecular weight is 254 g/mol. The van der Waals surface area contributed by atoms with Gasteiger partial charge in [-0.2, -0.15) is 0 Å². The molecule has 0 amide bonds. The summed E-state index contributed by atoms with van der Waals surface area (Å²) < 4.78 is 0. The van der Waals surface area contributed by atoms with Crippen molar-refractivity contribution in [3.05, 3.63) is 23.3 Å². The largest absolute Gasteiger partial charge is 0.376 e. The molecule has 0 aliphatic carbocycles. The Morgan fingerprint density at radius 3 is 1.50 bits per heavy atom. The molecule has 6 N–H and O–H groups in total. The van der Waals surface area contributed by atoms with Gasteiger partial charge in [-0.3, -0.25) is 0 Å². The number of benzene rings is 1. The third kappa shape index (κ3) is 3.32. The molecule has 0 heterocycles. The van der Waals surface area contributed by atoms with E-state index in [4.69, 9.17) is 35.9 Å². The first-order chi connectivity index (χ1) is 7.40. The number of aryl methyl sites for hydroxylation is 2. The maximum Gasteiger partial charge on any atom is 0.168 e. The number of anilines is 2. The predicted octanol–water partition coefficient (Wildman–Crippen LogP) is 1.61. The van der Waals surface area contributed by atoms with E-state index >= 15 is 0 Å². The molecule has 86 valence electrons. The minimum absolute atomic E-state index is 0.248. The Bertz CT molecular complexity index is 401. The molecule has 0 aromatic heterocycles. The van der Waals surface area contributed by atoms with Gasteiger partial charge in [-0.15, -0.1) is 0 Å². The fraction of sp³-hybridized carbons (Fsp3) is 0.200. The standard InChI is InChI=1S/C10H14N4S2/c1-5-3-8(14-10(12)16)6(2)4-7(5)13-9(11)15/h3-4H,1-2H3,(H3,11,13,15)(H3,12,14,16). The summed E-state index contributed by atoms with van der Waals surface area (Å²) in [7, 11) is 0. The van der Waals surface area contributed by atoms with E-state index in [1.807, 2.05) is 26.0 Å². The zero-order valence-electron chi connectivity index (χ0n) is 9.13. The molecular weight excluding hydrogens is 240 g/mol. The molecule has 0 aliphatic heterocycles. The molecule has 1 aromatic rings.